The quantitative estimate of drug-likeness (QED) is 0.209. The van der Waals surface area contributed by atoms with E-state index in [0.29, 0.717) is 11.0 Å². The summed E-state index contributed by atoms with van der Waals surface area (Å²) in [6.07, 6.45) is -8.32. The number of aryl methyl sites for hydroxylation is 3. The molecule has 214 valence electrons. The number of carbonyl (C=O) groups is 1. The van der Waals surface area contributed by atoms with E-state index < -0.39 is 34.5 Å². The molecular weight excluding hydrogens is 548 g/mol. The van der Waals surface area contributed by atoms with Crippen LogP contribution in [0.15, 0.2) is 48.5 Å². The highest BCUT2D eigenvalue weighted by Crippen LogP contribution is 2.29. The second-order valence-corrected chi connectivity index (χ2v) is 8.22. The summed E-state index contributed by atoms with van der Waals surface area (Å²) < 4.78 is 103. The number of fused-ring (bicyclic) bond motifs is 1. The Labute approximate surface area is 215 Å². The van der Waals surface area contributed by atoms with Gasteiger partial charge in [-0.25, -0.2) is 22.3 Å². The highest BCUT2D eigenvalue weighted by molar-refractivity contribution is 7.80. The highest BCUT2D eigenvalue weighted by Gasteiger charge is 2.45. The fraction of sp³-hybridized carbons (Fsp3) is 0.364. The fourth-order valence-electron chi connectivity index (χ4n) is 2.94. The van der Waals surface area contributed by atoms with E-state index in [1.165, 1.54) is 25.3 Å². The van der Waals surface area contributed by atoms with E-state index in [1.54, 1.807) is 24.3 Å². The van der Waals surface area contributed by atoms with E-state index in [4.69, 9.17) is 9.90 Å². The number of rotatable bonds is 3. The zero-order valence-corrected chi connectivity index (χ0v) is 21.7. The molecule has 2 N–H and O–H groups in total. The lowest BCUT2D eigenvalue weighted by Crippen LogP contribution is -2.37. The minimum Gasteiger partial charge on any atom is -0.726 e. The van der Waals surface area contributed by atoms with Crippen molar-refractivity contribution in [2.45, 2.75) is 25.7 Å². The van der Waals surface area contributed by atoms with Crippen LogP contribution in [0.1, 0.15) is 18.3 Å². The molecule has 0 bridgehead atoms. The van der Waals surface area contributed by atoms with Gasteiger partial charge in [0.2, 0.25) is 10.4 Å². The van der Waals surface area contributed by atoms with Crippen LogP contribution >= 0.6 is 0 Å². The molecule has 0 aliphatic rings. The van der Waals surface area contributed by atoms with Crippen molar-refractivity contribution in [2.24, 2.45) is 14.1 Å². The number of aliphatic carboxylic acids is 1. The molecule has 0 atom stereocenters. The summed E-state index contributed by atoms with van der Waals surface area (Å²) in [6, 6.07) is 15.1. The minimum atomic E-state index is -5.08. The number of hydrogen-bond acceptors (Lipinski definition) is 6. The number of alkyl halides is 6. The molecule has 0 spiro atoms. The Morgan fingerprint density at radius 1 is 1.08 bits per heavy atom. The van der Waals surface area contributed by atoms with Crippen molar-refractivity contribution in [3.8, 4) is 0 Å². The number of anilines is 1. The molecule has 0 aliphatic heterocycles. The number of para-hydroxylation sites is 3. The molecular formula is C22H27F6N3O6S. The second-order valence-electron chi connectivity index (χ2n) is 7.07. The van der Waals surface area contributed by atoms with E-state index in [0.717, 1.165) is 22.7 Å². The van der Waals surface area contributed by atoms with Gasteiger partial charge in [-0.15, -0.1) is 0 Å². The minimum absolute atomic E-state index is 0.576. The first kappa shape index (κ1) is 34.6. The third kappa shape index (κ3) is 11.4. The Bertz CT molecular complexity index is 1230. The summed E-state index contributed by atoms with van der Waals surface area (Å²) >= 11 is 0. The number of aromatic nitrogens is 2. The predicted octanol–water partition coefficient (Wildman–Crippen LogP) is 4.04. The molecule has 1 heterocycles. The zero-order chi connectivity index (χ0) is 29.9. The number of nitrogens with one attached hydrogen (secondary N) is 1. The standard InChI is InChI=1S/C10H10F3N2.C9H13N.C2HF3O2.CH4O4S/c1-14-7-5-3-4-6-8(7)15(2)9(14)10(11,12)13;1-3-8-6-4-5-7-9(8)10-2;3-2(4,5)1(6)7;1-5-6(2,3)4/h3-6H,1-2H3;4-7,10H,3H2,1-2H3;(H,6,7);1H3,(H,2,3,4)/q+1;;;/p-1. The SMILES string of the molecule is CCc1ccccc1NC.COS(=O)(=O)[O-].Cn1c(C(F)(F)F)[n+](C)c2ccccc21.O=C(O)C(F)(F)F. The number of hydrogen-bond donors (Lipinski definition) is 2. The molecule has 9 nitrogen and oxygen atoms in total. The van der Waals surface area contributed by atoms with Crippen molar-refractivity contribution >= 4 is 33.1 Å². The van der Waals surface area contributed by atoms with Crippen LogP contribution in [-0.4, -0.2) is 48.9 Å². The first-order valence-electron chi connectivity index (χ1n) is 10.4. The molecule has 0 unspecified atom stereocenters. The van der Waals surface area contributed by atoms with Gasteiger partial charge in [0.05, 0.1) is 21.2 Å². The molecule has 1 aromatic heterocycles. The first-order valence-corrected chi connectivity index (χ1v) is 11.7. The largest absolute Gasteiger partial charge is 0.726 e. The average Bonchev–Trinajstić information content (AvgIpc) is 3.09. The van der Waals surface area contributed by atoms with Crippen LogP contribution in [-0.2, 0) is 46.1 Å². The Hall–Kier alpha value is -3.37. The topological polar surface area (TPSA) is 125 Å². The Morgan fingerprint density at radius 3 is 1.87 bits per heavy atom. The number of carboxylic acids is 1. The normalized spacial score (nSPS) is 11.3. The van der Waals surface area contributed by atoms with Crippen LogP contribution in [0, 0.1) is 0 Å². The van der Waals surface area contributed by atoms with Gasteiger partial charge in [0.25, 0.3) is 0 Å². The summed E-state index contributed by atoms with van der Waals surface area (Å²) in [6.45, 7) is 2.16. The van der Waals surface area contributed by atoms with Crippen LogP contribution in [0.25, 0.3) is 11.0 Å². The van der Waals surface area contributed by atoms with Crippen LogP contribution in [0.3, 0.4) is 0 Å². The fourth-order valence-corrected chi connectivity index (χ4v) is 2.94. The predicted molar refractivity (Wildman–Crippen MR) is 125 cm³/mol. The third-order valence-electron chi connectivity index (χ3n) is 4.61. The van der Waals surface area contributed by atoms with Crippen molar-refractivity contribution in [3.63, 3.8) is 0 Å². The molecule has 0 amide bonds. The molecule has 2 aromatic carbocycles. The smallest absolute Gasteiger partial charge is 0.495 e. The van der Waals surface area contributed by atoms with Crippen molar-refractivity contribution < 1.29 is 58.0 Å². The van der Waals surface area contributed by atoms with Gasteiger partial charge >= 0.3 is 24.1 Å². The Kier molecular flexibility index (Phi) is 13.2. The van der Waals surface area contributed by atoms with Gasteiger partial charge in [0.1, 0.15) is 0 Å². The number of benzene rings is 2. The van der Waals surface area contributed by atoms with Gasteiger partial charge in [0.15, 0.2) is 11.0 Å². The molecule has 16 heteroatoms. The maximum atomic E-state index is 12.7. The van der Waals surface area contributed by atoms with E-state index in [2.05, 4.69) is 34.6 Å². The number of halogens is 6. The lowest BCUT2D eigenvalue weighted by atomic mass is 10.1. The highest BCUT2D eigenvalue weighted by atomic mass is 32.3. The van der Waals surface area contributed by atoms with Gasteiger partial charge in [-0.2, -0.15) is 26.3 Å². The van der Waals surface area contributed by atoms with Gasteiger partial charge in [-0.1, -0.05) is 37.3 Å². The molecule has 3 aromatic rings. The van der Waals surface area contributed by atoms with Crippen molar-refractivity contribution in [2.75, 3.05) is 19.5 Å². The van der Waals surface area contributed by atoms with Gasteiger partial charge < -0.3 is 15.0 Å². The lowest BCUT2D eigenvalue weighted by molar-refractivity contribution is -0.667. The maximum Gasteiger partial charge on any atom is 0.495 e. The van der Waals surface area contributed by atoms with Crippen LogP contribution in [0.4, 0.5) is 32.0 Å². The van der Waals surface area contributed by atoms with E-state index >= 15 is 0 Å². The number of imidazole rings is 1. The van der Waals surface area contributed by atoms with Gasteiger partial charge in [-0.3, -0.25) is 4.18 Å². The average molecular weight is 576 g/mol. The second kappa shape index (κ2) is 14.5. The molecule has 0 aliphatic carbocycles. The monoisotopic (exact) mass is 575 g/mol. The number of carboxylic acid groups (broad SMARTS) is 1. The molecule has 0 fully saturated rings. The van der Waals surface area contributed by atoms with Crippen LogP contribution in [0.5, 0.6) is 0 Å². The summed E-state index contributed by atoms with van der Waals surface area (Å²) in [7, 11) is 1.19. The van der Waals surface area contributed by atoms with E-state index in [1.807, 2.05) is 13.1 Å². The summed E-state index contributed by atoms with van der Waals surface area (Å²) in [4.78, 5) is 8.90. The van der Waals surface area contributed by atoms with Crippen molar-refractivity contribution in [1.29, 1.82) is 0 Å². The zero-order valence-electron chi connectivity index (χ0n) is 20.9. The van der Waals surface area contributed by atoms with Gasteiger partial charge in [-0.05, 0) is 30.2 Å². The van der Waals surface area contributed by atoms with Crippen LogP contribution in [0.2, 0.25) is 0 Å². The van der Waals surface area contributed by atoms with Crippen LogP contribution < -0.4 is 9.88 Å². The Morgan fingerprint density at radius 2 is 1.53 bits per heavy atom. The molecule has 38 heavy (non-hydrogen) atoms. The molecule has 0 saturated carbocycles. The van der Waals surface area contributed by atoms with E-state index in [-0.39, 0.29) is 0 Å². The third-order valence-corrected chi connectivity index (χ3v) is 5.02. The molecule has 0 radical (unpaired) electrons. The number of nitrogens with zero attached hydrogens (tertiary/aromatic N) is 2. The Balaban J connectivity index is 0.000000519. The molecule has 3 rings (SSSR count). The summed E-state index contributed by atoms with van der Waals surface area (Å²) in [5, 5.41) is 10.3. The lowest BCUT2D eigenvalue weighted by Gasteiger charge is -2.04. The first-order chi connectivity index (χ1) is 17.3. The summed E-state index contributed by atoms with van der Waals surface area (Å²) in [5.41, 5.74) is 3.77. The van der Waals surface area contributed by atoms with Gasteiger partial charge in [0, 0.05) is 12.7 Å². The van der Waals surface area contributed by atoms with E-state index in [9.17, 15) is 39.3 Å². The van der Waals surface area contributed by atoms with Crippen molar-refractivity contribution in [3.05, 3.63) is 59.9 Å². The maximum absolute atomic E-state index is 12.7. The summed E-state index contributed by atoms with van der Waals surface area (Å²) in [5.74, 6) is -3.41. The van der Waals surface area contributed by atoms with Crippen molar-refractivity contribution in [1.82, 2.24) is 4.57 Å². The molecule has 0 saturated heterocycles.